The predicted octanol–water partition coefficient (Wildman–Crippen LogP) is 1.45. The van der Waals surface area contributed by atoms with E-state index < -0.39 is 9.84 Å². The molecule has 1 saturated heterocycles. The molecule has 18 heavy (non-hydrogen) atoms. The summed E-state index contributed by atoms with van der Waals surface area (Å²) in [6.07, 6.45) is 2.36. The molecule has 0 amide bonds. The first-order chi connectivity index (χ1) is 8.49. The highest BCUT2D eigenvalue weighted by atomic mass is 32.2. The van der Waals surface area contributed by atoms with E-state index in [0.717, 1.165) is 18.7 Å². The quantitative estimate of drug-likeness (QED) is 0.839. The molecule has 0 radical (unpaired) electrons. The zero-order chi connectivity index (χ0) is 13.2. The Balaban J connectivity index is 2.12. The van der Waals surface area contributed by atoms with Crippen molar-refractivity contribution in [2.45, 2.75) is 24.7 Å². The van der Waals surface area contributed by atoms with Gasteiger partial charge in [-0.15, -0.1) is 0 Å². The Kier molecular flexibility index (Phi) is 3.92. The predicted molar refractivity (Wildman–Crippen MR) is 73.3 cm³/mol. The van der Waals surface area contributed by atoms with Crippen molar-refractivity contribution in [3.8, 4) is 0 Å². The lowest BCUT2D eigenvalue weighted by molar-refractivity contribution is 0.359. The summed E-state index contributed by atoms with van der Waals surface area (Å²) in [4.78, 5) is 2.58. The van der Waals surface area contributed by atoms with Crippen LogP contribution >= 0.6 is 0 Å². The first-order valence-corrected chi connectivity index (χ1v) is 7.95. The van der Waals surface area contributed by atoms with E-state index >= 15 is 0 Å². The van der Waals surface area contributed by atoms with Crippen molar-refractivity contribution >= 4 is 15.5 Å². The standard InChI is InChI=1S/C13H20N2O2S/c1-11-4-5-12(14)10-13(11)18(16,17)9-8-15-6-2-3-7-15/h4-5,10H,2-3,6-9,14H2,1H3. The van der Waals surface area contributed by atoms with Crippen LogP contribution in [-0.4, -0.2) is 38.7 Å². The van der Waals surface area contributed by atoms with E-state index in [0.29, 0.717) is 17.1 Å². The fraction of sp³-hybridized carbons (Fsp3) is 0.538. The van der Waals surface area contributed by atoms with E-state index in [1.807, 2.05) is 6.92 Å². The van der Waals surface area contributed by atoms with Gasteiger partial charge in [0.25, 0.3) is 0 Å². The second-order valence-electron chi connectivity index (χ2n) is 4.89. The highest BCUT2D eigenvalue weighted by Gasteiger charge is 2.20. The van der Waals surface area contributed by atoms with Gasteiger partial charge in [0.1, 0.15) is 0 Å². The van der Waals surface area contributed by atoms with Crippen LogP contribution in [0.4, 0.5) is 5.69 Å². The van der Waals surface area contributed by atoms with E-state index in [2.05, 4.69) is 4.90 Å². The third kappa shape index (κ3) is 3.03. The molecule has 0 unspecified atom stereocenters. The van der Waals surface area contributed by atoms with Gasteiger partial charge >= 0.3 is 0 Å². The molecule has 1 aromatic carbocycles. The Morgan fingerprint density at radius 2 is 1.94 bits per heavy atom. The van der Waals surface area contributed by atoms with Gasteiger partial charge in [0.2, 0.25) is 0 Å². The molecular formula is C13H20N2O2S. The van der Waals surface area contributed by atoms with Crippen LogP contribution in [0.5, 0.6) is 0 Å². The highest BCUT2D eigenvalue weighted by Crippen LogP contribution is 2.20. The number of anilines is 1. The topological polar surface area (TPSA) is 63.4 Å². The van der Waals surface area contributed by atoms with Crippen LogP contribution in [0.2, 0.25) is 0 Å². The lowest BCUT2D eigenvalue weighted by atomic mass is 10.2. The number of aryl methyl sites for hydroxylation is 1. The molecule has 2 rings (SSSR count). The minimum atomic E-state index is -3.22. The molecular weight excluding hydrogens is 248 g/mol. The highest BCUT2D eigenvalue weighted by molar-refractivity contribution is 7.91. The summed E-state index contributed by atoms with van der Waals surface area (Å²) >= 11 is 0. The molecule has 2 N–H and O–H groups in total. The maximum Gasteiger partial charge on any atom is 0.179 e. The third-order valence-electron chi connectivity index (χ3n) is 3.42. The van der Waals surface area contributed by atoms with Crippen LogP contribution in [0.25, 0.3) is 0 Å². The molecule has 0 bridgehead atoms. The molecule has 1 fully saturated rings. The SMILES string of the molecule is Cc1ccc(N)cc1S(=O)(=O)CCN1CCCC1. The lowest BCUT2D eigenvalue weighted by Gasteiger charge is -2.15. The van der Waals surface area contributed by atoms with Gasteiger partial charge in [-0.1, -0.05) is 6.07 Å². The molecule has 1 aliphatic heterocycles. The number of hydrogen-bond donors (Lipinski definition) is 1. The number of nitrogen functional groups attached to an aromatic ring is 1. The number of likely N-dealkylation sites (tertiary alicyclic amines) is 1. The monoisotopic (exact) mass is 268 g/mol. The second-order valence-corrected chi connectivity index (χ2v) is 6.97. The molecule has 0 atom stereocenters. The first kappa shape index (κ1) is 13.4. The van der Waals surface area contributed by atoms with Gasteiger partial charge in [0.05, 0.1) is 10.6 Å². The van der Waals surface area contributed by atoms with Crippen LogP contribution in [0.1, 0.15) is 18.4 Å². The Morgan fingerprint density at radius 1 is 1.28 bits per heavy atom. The molecule has 0 aromatic heterocycles. The normalized spacial score (nSPS) is 17.2. The Labute approximate surface area is 109 Å². The minimum absolute atomic E-state index is 0.178. The molecule has 0 aliphatic carbocycles. The average Bonchev–Trinajstić information content (AvgIpc) is 2.83. The van der Waals surface area contributed by atoms with Crippen molar-refractivity contribution in [3.63, 3.8) is 0 Å². The van der Waals surface area contributed by atoms with Gasteiger partial charge in [-0.3, -0.25) is 0 Å². The number of rotatable bonds is 4. The number of nitrogens with zero attached hydrogens (tertiary/aromatic N) is 1. The Hall–Kier alpha value is -1.07. The first-order valence-electron chi connectivity index (χ1n) is 6.30. The zero-order valence-corrected chi connectivity index (χ0v) is 11.5. The lowest BCUT2D eigenvalue weighted by Crippen LogP contribution is -2.26. The number of sulfone groups is 1. The molecule has 0 saturated carbocycles. The summed E-state index contributed by atoms with van der Waals surface area (Å²) in [6, 6.07) is 5.06. The molecule has 0 spiro atoms. The van der Waals surface area contributed by atoms with Crippen LogP contribution in [0.3, 0.4) is 0 Å². The number of benzene rings is 1. The minimum Gasteiger partial charge on any atom is -0.399 e. The van der Waals surface area contributed by atoms with Crippen LogP contribution in [0.15, 0.2) is 23.1 Å². The van der Waals surface area contributed by atoms with E-state index in [1.54, 1.807) is 18.2 Å². The van der Waals surface area contributed by atoms with E-state index in [9.17, 15) is 8.42 Å². The van der Waals surface area contributed by atoms with E-state index in [-0.39, 0.29) is 5.75 Å². The largest absolute Gasteiger partial charge is 0.399 e. The van der Waals surface area contributed by atoms with Crippen molar-refractivity contribution in [2.24, 2.45) is 0 Å². The Bertz CT molecular complexity index is 520. The molecule has 1 aliphatic rings. The molecule has 4 nitrogen and oxygen atoms in total. The summed E-state index contributed by atoms with van der Waals surface area (Å²) < 4.78 is 24.6. The van der Waals surface area contributed by atoms with Gasteiger partial charge in [0, 0.05) is 12.2 Å². The van der Waals surface area contributed by atoms with Crippen molar-refractivity contribution in [3.05, 3.63) is 23.8 Å². The van der Waals surface area contributed by atoms with Crippen molar-refractivity contribution < 1.29 is 8.42 Å². The summed E-state index contributed by atoms with van der Waals surface area (Å²) in [5, 5.41) is 0. The van der Waals surface area contributed by atoms with Crippen LogP contribution in [-0.2, 0) is 9.84 Å². The number of nitrogens with two attached hydrogens (primary N) is 1. The summed E-state index contributed by atoms with van der Waals surface area (Å²) in [6.45, 7) is 4.47. The van der Waals surface area contributed by atoms with Crippen molar-refractivity contribution in [1.82, 2.24) is 4.90 Å². The smallest absolute Gasteiger partial charge is 0.179 e. The fourth-order valence-corrected chi connectivity index (χ4v) is 3.91. The zero-order valence-electron chi connectivity index (χ0n) is 10.7. The van der Waals surface area contributed by atoms with Crippen molar-refractivity contribution in [1.29, 1.82) is 0 Å². The summed E-state index contributed by atoms with van der Waals surface area (Å²) in [5.41, 5.74) is 6.94. The molecule has 1 heterocycles. The average molecular weight is 268 g/mol. The Morgan fingerprint density at radius 3 is 2.61 bits per heavy atom. The number of hydrogen-bond acceptors (Lipinski definition) is 4. The van der Waals surface area contributed by atoms with Crippen LogP contribution in [0, 0.1) is 6.92 Å². The van der Waals surface area contributed by atoms with Gasteiger partial charge in [-0.25, -0.2) is 8.42 Å². The van der Waals surface area contributed by atoms with Gasteiger partial charge in [-0.2, -0.15) is 0 Å². The maximum atomic E-state index is 12.3. The van der Waals surface area contributed by atoms with Crippen LogP contribution < -0.4 is 5.73 Å². The second kappa shape index (κ2) is 5.28. The fourth-order valence-electron chi connectivity index (χ4n) is 2.32. The summed E-state index contributed by atoms with van der Waals surface area (Å²) in [5.74, 6) is 0.178. The molecule has 1 aromatic rings. The summed E-state index contributed by atoms with van der Waals surface area (Å²) in [7, 11) is -3.22. The van der Waals surface area contributed by atoms with E-state index in [1.165, 1.54) is 12.8 Å². The molecule has 5 heteroatoms. The van der Waals surface area contributed by atoms with Gasteiger partial charge in [0.15, 0.2) is 9.84 Å². The van der Waals surface area contributed by atoms with E-state index in [4.69, 9.17) is 5.73 Å². The maximum absolute atomic E-state index is 12.3. The molecule has 100 valence electrons. The van der Waals surface area contributed by atoms with Gasteiger partial charge < -0.3 is 10.6 Å². The van der Waals surface area contributed by atoms with Crippen molar-refractivity contribution in [2.75, 3.05) is 31.1 Å². The third-order valence-corrected chi connectivity index (χ3v) is 5.25. The van der Waals surface area contributed by atoms with Gasteiger partial charge in [-0.05, 0) is 50.6 Å².